The Balaban J connectivity index is 2.41. The van der Waals surface area contributed by atoms with E-state index in [1.54, 1.807) is 0 Å². The van der Waals surface area contributed by atoms with Crippen LogP contribution in [0.2, 0.25) is 0 Å². The molecule has 0 radical (unpaired) electrons. The number of Topliss-reactive ketones (excluding diaryl/α,β-unsaturated/α-hetero) is 1. The Labute approximate surface area is 97.5 Å². The normalized spacial score (nSPS) is 17.6. The van der Waals surface area contributed by atoms with E-state index in [1.165, 1.54) is 13.5 Å². The molecule has 1 rings (SSSR count). The molecular weight excluding hydrogens is 204 g/mol. The first-order chi connectivity index (χ1) is 7.67. The third-order valence-electron chi connectivity index (χ3n) is 3.57. The lowest BCUT2D eigenvalue weighted by molar-refractivity contribution is -0.164. The highest BCUT2D eigenvalue weighted by molar-refractivity contribution is 6.04. The van der Waals surface area contributed by atoms with Gasteiger partial charge in [-0.15, -0.1) is 0 Å². The fourth-order valence-electron chi connectivity index (χ4n) is 2.27. The number of hydrogen-bond acceptors (Lipinski definition) is 3. The van der Waals surface area contributed by atoms with Crippen molar-refractivity contribution in [2.75, 3.05) is 7.11 Å². The summed E-state index contributed by atoms with van der Waals surface area (Å²) < 4.78 is 4.75. The van der Waals surface area contributed by atoms with E-state index in [0.29, 0.717) is 19.3 Å². The van der Waals surface area contributed by atoms with Crippen LogP contribution in [0.3, 0.4) is 0 Å². The van der Waals surface area contributed by atoms with E-state index < -0.39 is 5.41 Å². The molecule has 0 saturated heterocycles. The molecule has 1 saturated carbocycles. The van der Waals surface area contributed by atoms with Crippen LogP contribution in [-0.4, -0.2) is 18.9 Å². The number of rotatable bonds is 7. The van der Waals surface area contributed by atoms with Gasteiger partial charge in [0.15, 0.2) is 0 Å². The van der Waals surface area contributed by atoms with E-state index in [0.717, 1.165) is 25.7 Å². The molecule has 0 aromatic heterocycles. The van der Waals surface area contributed by atoms with Crippen molar-refractivity contribution < 1.29 is 14.3 Å². The molecule has 0 aromatic carbocycles. The minimum atomic E-state index is -0.763. The number of carbonyl (C=O) groups excluding carboxylic acids is 2. The van der Waals surface area contributed by atoms with Crippen molar-refractivity contribution in [1.82, 2.24) is 0 Å². The number of methoxy groups -OCH3 is 1. The van der Waals surface area contributed by atoms with Crippen LogP contribution in [0.5, 0.6) is 0 Å². The molecular formula is C13H22O3. The fraction of sp³-hybridized carbons (Fsp3) is 0.846. The van der Waals surface area contributed by atoms with Crippen molar-refractivity contribution in [3.8, 4) is 0 Å². The van der Waals surface area contributed by atoms with Crippen molar-refractivity contribution in [3.63, 3.8) is 0 Å². The smallest absolute Gasteiger partial charge is 0.319 e. The topological polar surface area (TPSA) is 43.4 Å². The number of unbranched alkanes of at least 4 members (excludes halogenated alkanes) is 3. The summed E-state index contributed by atoms with van der Waals surface area (Å²) in [5.74, 6) is -0.221. The second kappa shape index (κ2) is 6.02. The van der Waals surface area contributed by atoms with Gasteiger partial charge in [-0.05, 0) is 19.3 Å². The summed E-state index contributed by atoms with van der Waals surface area (Å²) in [4.78, 5) is 23.6. The summed E-state index contributed by atoms with van der Waals surface area (Å²) in [6, 6.07) is 0. The third kappa shape index (κ3) is 2.63. The standard InChI is InChI=1S/C13H22O3/c1-3-4-5-6-8-11(14)13(9-7-10-13)12(15)16-2/h3-10H2,1-2H3. The summed E-state index contributed by atoms with van der Waals surface area (Å²) >= 11 is 0. The molecule has 1 fully saturated rings. The van der Waals surface area contributed by atoms with E-state index in [-0.39, 0.29) is 11.8 Å². The Morgan fingerprint density at radius 2 is 1.88 bits per heavy atom. The summed E-state index contributed by atoms with van der Waals surface area (Å²) in [7, 11) is 1.37. The summed E-state index contributed by atoms with van der Waals surface area (Å²) in [6.07, 6.45) is 7.20. The van der Waals surface area contributed by atoms with E-state index in [9.17, 15) is 9.59 Å². The largest absolute Gasteiger partial charge is 0.468 e. The molecule has 0 aliphatic heterocycles. The number of hydrogen-bond donors (Lipinski definition) is 0. The molecule has 0 aromatic rings. The van der Waals surface area contributed by atoms with E-state index in [4.69, 9.17) is 4.74 Å². The molecule has 3 nitrogen and oxygen atoms in total. The summed E-state index contributed by atoms with van der Waals surface area (Å²) in [5, 5.41) is 0. The van der Waals surface area contributed by atoms with Gasteiger partial charge in [0, 0.05) is 6.42 Å². The molecule has 92 valence electrons. The molecule has 16 heavy (non-hydrogen) atoms. The minimum absolute atomic E-state index is 0.0988. The lowest BCUT2D eigenvalue weighted by Gasteiger charge is -2.37. The van der Waals surface area contributed by atoms with E-state index >= 15 is 0 Å². The third-order valence-corrected chi connectivity index (χ3v) is 3.57. The maximum Gasteiger partial charge on any atom is 0.319 e. The highest BCUT2D eigenvalue weighted by Gasteiger charge is 2.50. The van der Waals surface area contributed by atoms with Gasteiger partial charge >= 0.3 is 5.97 Å². The molecule has 0 bridgehead atoms. The maximum absolute atomic E-state index is 12.0. The molecule has 0 atom stereocenters. The second-order valence-electron chi connectivity index (χ2n) is 4.66. The zero-order valence-corrected chi connectivity index (χ0v) is 10.4. The van der Waals surface area contributed by atoms with Crippen molar-refractivity contribution in [3.05, 3.63) is 0 Å². The molecule has 1 aliphatic carbocycles. The monoisotopic (exact) mass is 226 g/mol. The van der Waals surface area contributed by atoms with E-state index in [1.807, 2.05) is 0 Å². The van der Waals surface area contributed by atoms with Gasteiger partial charge in [-0.1, -0.05) is 32.6 Å². The Hall–Kier alpha value is -0.860. The van der Waals surface area contributed by atoms with Crippen molar-refractivity contribution in [1.29, 1.82) is 0 Å². The quantitative estimate of drug-likeness (QED) is 0.381. The number of carbonyl (C=O) groups is 2. The highest BCUT2D eigenvalue weighted by atomic mass is 16.5. The molecule has 1 aliphatic rings. The number of ketones is 1. The first kappa shape index (κ1) is 13.2. The minimum Gasteiger partial charge on any atom is -0.468 e. The average Bonchev–Trinajstić information content (AvgIpc) is 2.22. The van der Waals surface area contributed by atoms with Gasteiger partial charge in [0.05, 0.1) is 7.11 Å². The molecule has 3 heteroatoms. The molecule has 0 N–H and O–H groups in total. The average molecular weight is 226 g/mol. The Kier molecular flexibility index (Phi) is 4.97. The highest BCUT2D eigenvalue weighted by Crippen LogP contribution is 2.43. The molecule has 0 spiro atoms. The first-order valence-electron chi connectivity index (χ1n) is 6.29. The number of ether oxygens (including phenoxy) is 1. The maximum atomic E-state index is 12.0. The van der Waals surface area contributed by atoms with Gasteiger partial charge in [-0.2, -0.15) is 0 Å². The van der Waals surface area contributed by atoms with Gasteiger partial charge in [-0.25, -0.2) is 0 Å². The first-order valence-corrected chi connectivity index (χ1v) is 6.29. The van der Waals surface area contributed by atoms with Crippen LogP contribution in [0.15, 0.2) is 0 Å². The summed E-state index contributed by atoms with van der Waals surface area (Å²) in [5.41, 5.74) is -0.763. The Bertz CT molecular complexity index is 254. The van der Waals surface area contributed by atoms with Gasteiger partial charge in [-0.3, -0.25) is 9.59 Å². The van der Waals surface area contributed by atoms with Gasteiger partial charge in [0.25, 0.3) is 0 Å². The Morgan fingerprint density at radius 1 is 1.19 bits per heavy atom. The lowest BCUT2D eigenvalue weighted by atomic mass is 9.65. The van der Waals surface area contributed by atoms with Crippen molar-refractivity contribution in [2.45, 2.75) is 58.3 Å². The predicted molar refractivity (Wildman–Crippen MR) is 62.1 cm³/mol. The van der Waals surface area contributed by atoms with Crippen LogP contribution in [0, 0.1) is 5.41 Å². The molecule has 0 amide bonds. The zero-order chi connectivity index (χ0) is 12.0. The van der Waals surface area contributed by atoms with Gasteiger partial charge in [0.2, 0.25) is 0 Å². The van der Waals surface area contributed by atoms with Gasteiger partial charge < -0.3 is 4.74 Å². The van der Waals surface area contributed by atoms with Crippen LogP contribution in [-0.2, 0) is 14.3 Å². The van der Waals surface area contributed by atoms with E-state index in [2.05, 4.69) is 6.92 Å². The zero-order valence-electron chi connectivity index (χ0n) is 10.4. The Morgan fingerprint density at radius 3 is 2.31 bits per heavy atom. The van der Waals surface area contributed by atoms with Crippen LogP contribution < -0.4 is 0 Å². The van der Waals surface area contributed by atoms with Crippen LogP contribution in [0.1, 0.15) is 58.3 Å². The number of esters is 1. The lowest BCUT2D eigenvalue weighted by Crippen LogP contribution is -2.45. The van der Waals surface area contributed by atoms with Crippen molar-refractivity contribution >= 4 is 11.8 Å². The van der Waals surface area contributed by atoms with Crippen LogP contribution in [0.4, 0.5) is 0 Å². The molecule has 0 heterocycles. The van der Waals surface area contributed by atoms with Crippen LogP contribution >= 0.6 is 0 Å². The second-order valence-corrected chi connectivity index (χ2v) is 4.66. The van der Waals surface area contributed by atoms with Crippen LogP contribution in [0.25, 0.3) is 0 Å². The van der Waals surface area contributed by atoms with Gasteiger partial charge in [0.1, 0.15) is 11.2 Å². The summed E-state index contributed by atoms with van der Waals surface area (Å²) in [6.45, 7) is 2.14. The fourth-order valence-corrected chi connectivity index (χ4v) is 2.27. The predicted octanol–water partition coefficient (Wildman–Crippen LogP) is 2.87. The molecule has 0 unspecified atom stereocenters. The van der Waals surface area contributed by atoms with Crippen molar-refractivity contribution in [2.24, 2.45) is 5.41 Å². The SMILES string of the molecule is CCCCCCC(=O)C1(C(=O)OC)CCC1.